The van der Waals surface area contributed by atoms with Crippen LogP contribution >= 0.6 is 0 Å². The topological polar surface area (TPSA) is 21.3 Å². The van der Waals surface area contributed by atoms with Gasteiger partial charge in [-0.2, -0.15) is 5.48 Å². The van der Waals surface area contributed by atoms with Gasteiger partial charge in [0.15, 0.2) is 0 Å². The minimum Gasteiger partial charge on any atom is -0.416 e. The molecule has 0 aliphatic heterocycles. The summed E-state index contributed by atoms with van der Waals surface area (Å²) in [7, 11) is 0. The Bertz CT molecular complexity index is 113. The summed E-state index contributed by atoms with van der Waals surface area (Å²) in [5, 5.41) is 0. The number of nitrogens with one attached hydrogen (secondary N) is 1. The molecule has 0 aromatic heterocycles. The van der Waals surface area contributed by atoms with Crippen LogP contribution in [0.3, 0.4) is 0 Å². The van der Waals surface area contributed by atoms with Gasteiger partial charge in [0.05, 0.1) is 0 Å². The molecule has 0 aromatic carbocycles. The first-order valence-corrected chi connectivity index (χ1v) is 4.14. The van der Waals surface area contributed by atoms with E-state index in [1.54, 1.807) is 6.26 Å². The van der Waals surface area contributed by atoms with E-state index in [0.29, 0.717) is 0 Å². The molecule has 0 unspecified atom stereocenters. The largest absolute Gasteiger partial charge is 0.416 e. The maximum Gasteiger partial charge on any atom is 0.107 e. The molecule has 0 atom stereocenters. The van der Waals surface area contributed by atoms with Crippen LogP contribution < -0.4 is 5.48 Å². The summed E-state index contributed by atoms with van der Waals surface area (Å²) < 4.78 is 0. The Hall–Kier alpha value is -0.500. The van der Waals surface area contributed by atoms with Crippen molar-refractivity contribution in [2.75, 3.05) is 0 Å². The van der Waals surface area contributed by atoms with Crippen LogP contribution in [0.15, 0.2) is 12.3 Å². The fraction of sp³-hybridized carbons (Fsp3) is 0.778. The number of hydroxylamine groups is 1. The molecule has 0 aliphatic rings. The minimum atomic E-state index is 0.0244. The molecular weight excluding hydrogens is 138 g/mol. The van der Waals surface area contributed by atoms with Gasteiger partial charge in [0.2, 0.25) is 0 Å². The van der Waals surface area contributed by atoms with Crippen molar-refractivity contribution in [2.45, 2.75) is 46.1 Å². The van der Waals surface area contributed by atoms with Crippen LogP contribution in [0.1, 0.15) is 40.5 Å². The lowest BCUT2D eigenvalue weighted by atomic mass is 10.1. The lowest BCUT2D eigenvalue weighted by molar-refractivity contribution is 0.0689. The molecule has 0 rings (SSSR count). The van der Waals surface area contributed by atoms with Crippen molar-refractivity contribution < 1.29 is 4.84 Å². The highest BCUT2D eigenvalue weighted by atomic mass is 16.6. The van der Waals surface area contributed by atoms with Crippen molar-refractivity contribution in [3.05, 3.63) is 12.3 Å². The number of hydrogen-bond donors (Lipinski definition) is 1. The van der Waals surface area contributed by atoms with Gasteiger partial charge < -0.3 is 4.84 Å². The van der Waals surface area contributed by atoms with Gasteiger partial charge in [0.25, 0.3) is 0 Å². The fourth-order valence-electron chi connectivity index (χ4n) is 0.494. The van der Waals surface area contributed by atoms with E-state index in [2.05, 4.69) is 33.2 Å². The maximum absolute atomic E-state index is 5.07. The molecule has 0 aliphatic carbocycles. The van der Waals surface area contributed by atoms with E-state index in [1.165, 1.54) is 0 Å². The average molecular weight is 157 g/mol. The summed E-state index contributed by atoms with van der Waals surface area (Å²) in [4.78, 5) is 5.07. The Balaban J connectivity index is 3.27. The van der Waals surface area contributed by atoms with Gasteiger partial charge >= 0.3 is 0 Å². The van der Waals surface area contributed by atoms with Gasteiger partial charge in [0, 0.05) is 5.54 Å². The SMILES string of the molecule is CCC/C=C\ONC(C)(C)C. The molecule has 0 bridgehead atoms. The first-order chi connectivity index (χ1) is 5.06. The van der Waals surface area contributed by atoms with Crippen LogP contribution in [0.4, 0.5) is 0 Å². The van der Waals surface area contributed by atoms with Crippen molar-refractivity contribution in [3.8, 4) is 0 Å². The number of hydrogen-bond acceptors (Lipinski definition) is 2. The van der Waals surface area contributed by atoms with Gasteiger partial charge in [-0.3, -0.25) is 0 Å². The van der Waals surface area contributed by atoms with E-state index in [-0.39, 0.29) is 5.54 Å². The Morgan fingerprint density at radius 1 is 1.36 bits per heavy atom. The third kappa shape index (κ3) is 9.50. The summed E-state index contributed by atoms with van der Waals surface area (Å²) >= 11 is 0. The lowest BCUT2D eigenvalue weighted by Gasteiger charge is -2.18. The molecule has 1 N–H and O–H groups in total. The maximum atomic E-state index is 5.07. The summed E-state index contributed by atoms with van der Waals surface area (Å²) in [5.41, 5.74) is 2.92. The van der Waals surface area contributed by atoms with E-state index in [0.717, 1.165) is 12.8 Å². The van der Waals surface area contributed by atoms with Gasteiger partial charge in [-0.25, -0.2) is 0 Å². The number of rotatable bonds is 4. The van der Waals surface area contributed by atoms with E-state index in [4.69, 9.17) is 4.84 Å². The molecule has 0 saturated heterocycles. The Morgan fingerprint density at radius 2 is 2.00 bits per heavy atom. The van der Waals surface area contributed by atoms with Crippen molar-refractivity contribution in [1.29, 1.82) is 0 Å². The summed E-state index contributed by atoms with van der Waals surface area (Å²) in [5.74, 6) is 0. The normalized spacial score (nSPS) is 12.4. The highest BCUT2D eigenvalue weighted by Crippen LogP contribution is 1.98. The molecule has 66 valence electrons. The van der Waals surface area contributed by atoms with Crippen LogP contribution in [-0.4, -0.2) is 5.54 Å². The Morgan fingerprint density at radius 3 is 2.45 bits per heavy atom. The Kier molecular flexibility index (Phi) is 4.95. The highest BCUT2D eigenvalue weighted by molar-refractivity contribution is 4.73. The Labute approximate surface area is 69.6 Å². The third-order valence-corrected chi connectivity index (χ3v) is 0.985. The molecule has 0 aromatic rings. The van der Waals surface area contributed by atoms with Crippen molar-refractivity contribution in [3.63, 3.8) is 0 Å². The van der Waals surface area contributed by atoms with Crippen LogP contribution in [0.2, 0.25) is 0 Å². The smallest absolute Gasteiger partial charge is 0.107 e. The average Bonchev–Trinajstić information content (AvgIpc) is 1.85. The van der Waals surface area contributed by atoms with Gasteiger partial charge in [-0.05, 0) is 33.3 Å². The first-order valence-electron chi connectivity index (χ1n) is 4.14. The minimum absolute atomic E-state index is 0.0244. The van der Waals surface area contributed by atoms with Crippen molar-refractivity contribution >= 4 is 0 Å². The molecule has 0 heterocycles. The predicted molar refractivity (Wildman–Crippen MR) is 48.0 cm³/mol. The summed E-state index contributed by atoms with van der Waals surface area (Å²) in [6, 6.07) is 0. The molecule has 0 radical (unpaired) electrons. The third-order valence-electron chi connectivity index (χ3n) is 0.985. The van der Waals surface area contributed by atoms with E-state index < -0.39 is 0 Å². The fourth-order valence-corrected chi connectivity index (χ4v) is 0.494. The summed E-state index contributed by atoms with van der Waals surface area (Å²) in [6.45, 7) is 8.31. The van der Waals surface area contributed by atoms with E-state index in [9.17, 15) is 0 Å². The number of allylic oxidation sites excluding steroid dienone is 1. The van der Waals surface area contributed by atoms with Crippen molar-refractivity contribution in [2.24, 2.45) is 0 Å². The highest BCUT2D eigenvalue weighted by Gasteiger charge is 2.07. The predicted octanol–water partition coefficient (Wildman–Crippen LogP) is 2.62. The second-order valence-electron chi connectivity index (χ2n) is 3.63. The zero-order valence-electron chi connectivity index (χ0n) is 7.98. The zero-order chi connectivity index (χ0) is 8.74. The second-order valence-corrected chi connectivity index (χ2v) is 3.63. The molecular formula is C9H19NO. The van der Waals surface area contributed by atoms with E-state index >= 15 is 0 Å². The number of unbranched alkanes of at least 4 members (excludes halogenated alkanes) is 1. The van der Waals surface area contributed by atoms with Crippen LogP contribution in [-0.2, 0) is 4.84 Å². The van der Waals surface area contributed by atoms with Gasteiger partial charge in [-0.1, -0.05) is 13.3 Å². The molecule has 0 fully saturated rings. The van der Waals surface area contributed by atoms with Crippen LogP contribution in [0.5, 0.6) is 0 Å². The monoisotopic (exact) mass is 157 g/mol. The first kappa shape index (κ1) is 10.5. The molecule has 11 heavy (non-hydrogen) atoms. The van der Waals surface area contributed by atoms with Crippen LogP contribution in [0, 0.1) is 0 Å². The lowest BCUT2D eigenvalue weighted by Crippen LogP contribution is -2.34. The zero-order valence-corrected chi connectivity index (χ0v) is 7.98. The molecule has 0 saturated carbocycles. The second kappa shape index (κ2) is 5.19. The van der Waals surface area contributed by atoms with Crippen molar-refractivity contribution in [1.82, 2.24) is 5.48 Å². The standard InChI is InChI=1S/C9H19NO/c1-5-6-7-8-11-10-9(2,3)4/h7-8,10H,5-6H2,1-4H3/b8-7-. The van der Waals surface area contributed by atoms with Crippen LogP contribution in [0.25, 0.3) is 0 Å². The van der Waals surface area contributed by atoms with Gasteiger partial charge in [0.1, 0.15) is 6.26 Å². The summed E-state index contributed by atoms with van der Waals surface area (Å²) in [6.07, 6.45) is 5.95. The molecule has 0 amide bonds. The molecule has 2 heteroatoms. The van der Waals surface area contributed by atoms with E-state index in [1.807, 2.05) is 6.08 Å². The van der Waals surface area contributed by atoms with Gasteiger partial charge in [-0.15, -0.1) is 0 Å². The molecule has 0 spiro atoms. The quantitative estimate of drug-likeness (QED) is 0.500. The molecule has 2 nitrogen and oxygen atoms in total.